The fourth-order valence-corrected chi connectivity index (χ4v) is 3.18. The maximum Gasteiger partial charge on any atom is 0.231 e. The number of hydrogen-bond donors (Lipinski definition) is 1. The molecule has 2 unspecified atom stereocenters. The summed E-state index contributed by atoms with van der Waals surface area (Å²) in [5.74, 6) is -0.289. The van der Waals surface area contributed by atoms with Gasteiger partial charge in [0.1, 0.15) is 6.61 Å². The van der Waals surface area contributed by atoms with Gasteiger partial charge in [-0.2, -0.15) is 9.78 Å². The zero-order chi connectivity index (χ0) is 19.9. The number of aliphatic hydroxyl groups excluding tert-OH is 1. The Bertz CT molecular complexity index is 360. The predicted octanol–water partition coefficient (Wildman–Crippen LogP) is 5.27. The first-order valence-corrected chi connectivity index (χ1v) is 9.50. The van der Waals surface area contributed by atoms with E-state index in [1.807, 2.05) is 13.8 Å². The Morgan fingerprint density at radius 1 is 0.800 bits per heavy atom. The molecule has 0 aromatic heterocycles. The summed E-state index contributed by atoms with van der Waals surface area (Å²) in [5.41, 5.74) is -0.323. The normalized spacial score (nSPS) is 17.2. The van der Waals surface area contributed by atoms with E-state index in [1.165, 1.54) is 0 Å². The van der Waals surface area contributed by atoms with Crippen LogP contribution >= 0.6 is 0 Å². The molecule has 0 aliphatic rings. The summed E-state index contributed by atoms with van der Waals surface area (Å²) in [6.45, 7) is 20.7. The van der Waals surface area contributed by atoms with Gasteiger partial charge in [-0.3, -0.25) is 0 Å². The Kier molecular flexibility index (Phi) is 10.1. The topological polar surface area (TPSA) is 57.2 Å². The highest BCUT2D eigenvalue weighted by Gasteiger charge is 2.35. The average molecular weight is 363 g/mol. The third kappa shape index (κ3) is 13.6. The molecule has 0 bridgehead atoms. The molecule has 0 aromatic rings. The van der Waals surface area contributed by atoms with Crippen LogP contribution in [0, 0.1) is 17.3 Å². The van der Waals surface area contributed by atoms with Crippen molar-refractivity contribution in [3.05, 3.63) is 0 Å². The van der Waals surface area contributed by atoms with Crippen molar-refractivity contribution < 1.29 is 24.7 Å². The minimum Gasteiger partial charge on any atom is -0.391 e. The second-order valence-corrected chi connectivity index (χ2v) is 10.0. The van der Waals surface area contributed by atoms with Gasteiger partial charge >= 0.3 is 0 Å². The lowest BCUT2D eigenvalue weighted by molar-refractivity contribution is -0.529. The second-order valence-electron chi connectivity index (χ2n) is 10.0. The quantitative estimate of drug-likeness (QED) is 0.291. The highest BCUT2D eigenvalue weighted by Crippen LogP contribution is 2.32. The molecule has 25 heavy (non-hydrogen) atoms. The van der Waals surface area contributed by atoms with Gasteiger partial charge in [-0.1, -0.05) is 48.5 Å². The largest absolute Gasteiger partial charge is 0.391 e. The summed E-state index contributed by atoms with van der Waals surface area (Å²) >= 11 is 0. The first-order chi connectivity index (χ1) is 11.1. The van der Waals surface area contributed by atoms with E-state index in [2.05, 4.69) is 48.5 Å². The van der Waals surface area contributed by atoms with E-state index < -0.39 is 17.5 Å². The zero-order valence-corrected chi connectivity index (χ0v) is 18.1. The van der Waals surface area contributed by atoms with Crippen LogP contribution in [0.25, 0.3) is 0 Å². The van der Waals surface area contributed by atoms with Crippen molar-refractivity contribution in [2.24, 2.45) is 17.3 Å². The summed E-state index contributed by atoms with van der Waals surface area (Å²) in [4.78, 5) is 22.2. The molecule has 0 rings (SSSR count). The Morgan fingerprint density at radius 3 is 1.80 bits per heavy atom. The SMILES string of the molecule is CC(C)CC(O)COOC(C)(CC(C)C)OOC(C)(C)CC(C)(C)C. The summed E-state index contributed by atoms with van der Waals surface area (Å²) in [7, 11) is 0. The Morgan fingerprint density at radius 2 is 1.36 bits per heavy atom. The van der Waals surface area contributed by atoms with Crippen LogP contribution in [0.15, 0.2) is 0 Å². The summed E-state index contributed by atoms with van der Waals surface area (Å²) in [6.07, 6.45) is 1.56. The van der Waals surface area contributed by atoms with Gasteiger partial charge in [-0.05, 0) is 50.9 Å². The van der Waals surface area contributed by atoms with Crippen LogP contribution in [0.1, 0.15) is 88.5 Å². The molecule has 5 heteroatoms. The average Bonchev–Trinajstić information content (AvgIpc) is 2.32. The van der Waals surface area contributed by atoms with Crippen LogP contribution in [-0.4, -0.2) is 29.2 Å². The molecule has 0 spiro atoms. The minimum absolute atomic E-state index is 0.112. The summed E-state index contributed by atoms with van der Waals surface area (Å²) in [6, 6.07) is 0. The summed E-state index contributed by atoms with van der Waals surface area (Å²) < 4.78 is 0. The molecule has 2 atom stereocenters. The second kappa shape index (κ2) is 10.2. The van der Waals surface area contributed by atoms with Crippen LogP contribution in [0.4, 0.5) is 0 Å². The standard InChI is InChI=1S/C20H42O5/c1-15(2)11-17(21)13-22-24-20(10,12-16(3)4)25-23-19(8,9)14-18(5,6)7/h15-17,21H,11-14H2,1-10H3. The van der Waals surface area contributed by atoms with Crippen molar-refractivity contribution in [2.75, 3.05) is 6.61 Å². The number of hydrogen-bond acceptors (Lipinski definition) is 5. The van der Waals surface area contributed by atoms with E-state index in [0.29, 0.717) is 24.7 Å². The van der Waals surface area contributed by atoms with Crippen molar-refractivity contribution in [3.63, 3.8) is 0 Å². The maximum absolute atomic E-state index is 9.91. The molecule has 0 amide bonds. The highest BCUT2D eigenvalue weighted by atomic mass is 17.3. The van der Waals surface area contributed by atoms with Crippen LogP contribution in [0.5, 0.6) is 0 Å². The molecule has 0 heterocycles. The van der Waals surface area contributed by atoms with Gasteiger partial charge in [0.2, 0.25) is 5.79 Å². The van der Waals surface area contributed by atoms with Crippen molar-refractivity contribution in [1.82, 2.24) is 0 Å². The zero-order valence-electron chi connectivity index (χ0n) is 18.1. The van der Waals surface area contributed by atoms with E-state index in [-0.39, 0.29) is 12.0 Å². The molecule has 1 N–H and O–H groups in total. The van der Waals surface area contributed by atoms with Crippen molar-refractivity contribution in [3.8, 4) is 0 Å². The lowest BCUT2D eigenvalue weighted by atomic mass is 9.84. The Balaban J connectivity index is 4.64. The Hall–Kier alpha value is -0.200. The van der Waals surface area contributed by atoms with E-state index in [1.54, 1.807) is 6.92 Å². The van der Waals surface area contributed by atoms with Gasteiger partial charge < -0.3 is 5.11 Å². The van der Waals surface area contributed by atoms with E-state index in [0.717, 1.165) is 6.42 Å². The Labute approximate surface area is 155 Å². The van der Waals surface area contributed by atoms with Gasteiger partial charge in [-0.25, -0.2) is 9.78 Å². The molecule has 152 valence electrons. The van der Waals surface area contributed by atoms with Gasteiger partial charge in [0.15, 0.2) is 0 Å². The minimum atomic E-state index is -1.03. The number of aliphatic hydroxyl groups is 1. The molecule has 0 aliphatic heterocycles. The van der Waals surface area contributed by atoms with Gasteiger partial charge in [0, 0.05) is 6.42 Å². The highest BCUT2D eigenvalue weighted by molar-refractivity contribution is 4.76. The molecule has 0 aromatic carbocycles. The van der Waals surface area contributed by atoms with Crippen LogP contribution < -0.4 is 0 Å². The molecule has 0 aliphatic carbocycles. The third-order valence-electron chi connectivity index (χ3n) is 3.42. The van der Waals surface area contributed by atoms with E-state index in [9.17, 15) is 5.11 Å². The van der Waals surface area contributed by atoms with E-state index >= 15 is 0 Å². The van der Waals surface area contributed by atoms with Crippen molar-refractivity contribution >= 4 is 0 Å². The third-order valence-corrected chi connectivity index (χ3v) is 3.42. The van der Waals surface area contributed by atoms with Gasteiger partial charge in [0.05, 0.1) is 11.7 Å². The molecule has 0 radical (unpaired) electrons. The molecule has 5 nitrogen and oxygen atoms in total. The van der Waals surface area contributed by atoms with E-state index in [4.69, 9.17) is 19.6 Å². The van der Waals surface area contributed by atoms with Crippen LogP contribution in [-0.2, 0) is 19.6 Å². The monoisotopic (exact) mass is 362 g/mol. The smallest absolute Gasteiger partial charge is 0.231 e. The first kappa shape index (κ1) is 24.8. The fourth-order valence-electron chi connectivity index (χ4n) is 3.18. The first-order valence-electron chi connectivity index (χ1n) is 9.50. The lowest BCUT2D eigenvalue weighted by Crippen LogP contribution is -2.40. The van der Waals surface area contributed by atoms with Crippen LogP contribution in [0.3, 0.4) is 0 Å². The van der Waals surface area contributed by atoms with Crippen molar-refractivity contribution in [1.29, 1.82) is 0 Å². The lowest BCUT2D eigenvalue weighted by Gasteiger charge is -2.35. The number of rotatable bonds is 12. The molecule has 0 fully saturated rings. The molecular formula is C20H42O5. The fraction of sp³-hybridized carbons (Fsp3) is 1.00. The van der Waals surface area contributed by atoms with Gasteiger partial charge in [-0.15, -0.1) is 0 Å². The molecule has 0 saturated heterocycles. The maximum atomic E-state index is 9.91. The summed E-state index contributed by atoms with van der Waals surface area (Å²) in [5, 5.41) is 9.91. The predicted molar refractivity (Wildman–Crippen MR) is 101 cm³/mol. The van der Waals surface area contributed by atoms with Crippen LogP contribution in [0.2, 0.25) is 0 Å². The molecular weight excluding hydrogens is 320 g/mol. The van der Waals surface area contributed by atoms with Crippen molar-refractivity contribution in [2.45, 2.75) is 106 Å². The molecule has 0 saturated carbocycles. The van der Waals surface area contributed by atoms with Gasteiger partial charge in [0.25, 0.3) is 0 Å².